The molecule has 0 aromatic heterocycles. The molecule has 0 bridgehead atoms. The van der Waals surface area contributed by atoms with Crippen molar-refractivity contribution in [2.45, 2.75) is 77.4 Å². The standard InChI is InChI=1S/C14H27NO2/c1-2-3-4-5-6-7-8-11-14(16)17-13-10-9-12-15-13/h13,15H,2-12H2,1H3. The van der Waals surface area contributed by atoms with Gasteiger partial charge in [-0.05, 0) is 25.8 Å². The fourth-order valence-electron chi connectivity index (χ4n) is 2.20. The molecular weight excluding hydrogens is 214 g/mol. The average molecular weight is 241 g/mol. The van der Waals surface area contributed by atoms with Crippen LogP contribution in [0.4, 0.5) is 0 Å². The van der Waals surface area contributed by atoms with E-state index in [-0.39, 0.29) is 12.2 Å². The highest BCUT2D eigenvalue weighted by Gasteiger charge is 2.17. The van der Waals surface area contributed by atoms with Crippen molar-refractivity contribution < 1.29 is 9.53 Å². The minimum Gasteiger partial charge on any atom is -0.447 e. The minimum atomic E-state index is -0.0297. The van der Waals surface area contributed by atoms with Gasteiger partial charge < -0.3 is 4.74 Å². The van der Waals surface area contributed by atoms with Gasteiger partial charge in [-0.2, -0.15) is 0 Å². The summed E-state index contributed by atoms with van der Waals surface area (Å²) >= 11 is 0. The molecule has 1 atom stereocenters. The summed E-state index contributed by atoms with van der Waals surface area (Å²) in [5.41, 5.74) is 0. The smallest absolute Gasteiger partial charge is 0.307 e. The van der Waals surface area contributed by atoms with Crippen LogP contribution in [-0.2, 0) is 9.53 Å². The third-order valence-corrected chi connectivity index (χ3v) is 3.27. The molecule has 0 spiro atoms. The van der Waals surface area contributed by atoms with Crippen molar-refractivity contribution >= 4 is 5.97 Å². The van der Waals surface area contributed by atoms with Crippen LogP contribution >= 0.6 is 0 Å². The Labute approximate surface area is 105 Å². The molecule has 100 valence electrons. The van der Waals surface area contributed by atoms with Crippen molar-refractivity contribution in [1.82, 2.24) is 5.32 Å². The molecule has 0 amide bonds. The van der Waals surface area contributed by atoms with Crippen molar-refractivity contribution in [3.8, 4) is 0 Å². The van der Waals surface area contributed by atoms with Gasteiger partial charge >= 0.3 is 5.97 Å². The number of carbonyl (C=O) groups excluding carboxylic acids is 1. The fraction of sp³-hybridized carbons (Fsp3) is 0.929. The summed E-state index contributed by atoms with van der Waals surface area (Å²) in [7, 11) is 0. The zero-order valence-corrected chi connectivity index (χ0v) is 11.2. The van der Waals surface area contributed by atoms with Crippen LogP contribution in [0.15, 0.2) is 0 Å². The summed E-state index contributed by atoms with van der Waals surface area (Å²) in [4.78, 5) is 11.5. The topological polar surface area (TPSA) is 38.3 Å². The number of hydrogen-bond donors (Lipinski definition) is 1. The van der Waals surface area contributed by atoms with E-state index >= 15 is 0 Å². The van der Waals surface area contributed by atoms with Crippen LogP contribution in [0.5, 0.6) is 0 Å². The molecule has 1 aliphatic heterocycles. The zero-order valence-electron chi connectivity index (χ0n) is 11.2. The van der Waals surface area contributed by atoms with Crippen LogP contribution in [0.3, 0.4) is 0 Å². The molecule has 1 unspecified atom stereocenters. The largest absolute Gasteiger partial charge is 0.447 e. The van der Waals surface area contributed by atoms with Crippen LogP contribution in [0.2, 0.25) is 0 Å². The lowest BCUT2D eigenvalue weighted by molar-refractivity contribution is -0.149. The average Bonchev–Trinajstić information content (AvgIpc) is 2.80. The van der Waals surface area contributed by atoms with E-state index in [1.807, 2.05) is 0 Å². The quantitative estimate of drug-likeness (QED) is 0.497. The van der Waals surface area contributed by atoms with Gasteiger partial charge in [0.15, 0.2) is 6.23 Å². The maximum absolute atomic E-state index is 11.5. The van der Waals surface area contributed by atoms with Crippen molar-refractivity contribution in [3.63, 3.8) is 0 Å². The second-order valence-electron chi connectivity index (χ2n) is 4.95. The monoisotopic (exact) mass is 241 g/mol. The van der Waals surface area contributed by atoms with E-state index in [1.54, 1.807) is 0 Å². The maximum atomic E-state index is 11.5. The van der Waals surface area contributed by atoms with E-state index in [0.717, 1.165) is 32.2 Å². The number of nitrogens with one attached hydrogen (secondary N) is 1. The highest BCUT2D eigenvalue weighted by atomic mass is 16.6. The van der Waals surface area contributed by atoms with Crippen LogP contribution in [-0.4, -0.2) is 18.7 Å². The summed E-state index contributed by atoms with van der Waals surface area (Å²) < 4.78 is 5.31. The Bertz CT molecular complexity index is 200. The molecule has 0 saturated carbocycles. The van der Waals surface area contributed by atoms with E-state index < -0.39 is 0 Å². The summed E-state index contributed by atoms with van der Waals surface area (Å²) in [5.74, 6) is -0.0297. The highest BCUT2D eigenvalue weighted by Crippen LogP contribution is 2.11. The van der Waals surface area contributed by atoms with Gasteiger partial charge in [-0.3, -0.25) is 10.1 Å². The molecular formula is C14H27NO2. The molecule has 3 heteroatoms. The molecule has 0 aromatic rings. The van der Waals surface area contributed by atoms with E-state index in [0.29, 0.717) is 6.42 Å². The van der Waals surface area contributed by atoms with E-state index in [2.05, 4.69) is 12.2 Å². The predicted octanol–water partition coefficient (Wildman–Crippen LogP) is 3.38. The van der Waals surface area contributed by atoms with Crippen molar-refractivity contribution in [1.29, 1.82) is 0 Å². The Hall–Kier alpha value is -0.570. The molecule has 1 fully saturated rings. The molecule has 0 aromatic carbocycles. The van der Waals surface area contributed by atoms with Crippen molar-refractivity contribution in [3.05, 3.63) is 0 Å². The number of unbranched alkanes of at least 4 members (excludes halogenated alkanes) is 6. The maximum Gasteiger partial charge on any atom is 0.307 e. The summed E-state index contributed by atoms with van der Waals surface area (Å²) in [6.45, 7) is 3.21. The lowest BCUT2D eigenvalue weighted by atomic mass is 10.1. The van der Waals surface area contributed by atoms with E-state index in [1.165, 1.54) is 32.1 Å². The zero-order chi connectivity index (χ0) is 12.3. The van der Waals surface area contributed by atoms with E-state index in [9.17, 15) is 4.79 Å². The number of carbonyl (C=O) groups is 1. The lowest BCUT2D eigenvalue weighted by Crippen LogP contribution is -2.27. The second-order valence-corrected chi connectivity index (χ2v) is 4.95. The first-order chi connectivity index (χ1) is 8.33. The van der Waals surface area contributed by atoms with E-state index in [4.69, 9.17) is 4.74 Å². The first-order valence-electron chi connectivity index (χ1n) is 7.26. The first kappa shape index (κ1) is 14.5. The third-order valence-electron chi connectivity index (χ3n) is 3.27. The Morgan fingerprint density at radius 1 is 1.18 bits per heavy atom. The van der Waals surface area contributed by atoms with Gasteiger partial charge in [0.2, 0.25) is 0 Å². The van der Waals surface area contributed by atoms with Gasteiger partial charge in [-0.1, -0.05) is 45.4 Å². The highest BCUT2D eigenvalue weighted by molar-refractivity contribution is 5.69. The molecule has 1 saturated heterocycles. The Balaban J connectivity index is 1.86. The van der Waals surface area contributed by atoms with Crippen LogP contribution in [0, 0.1) is 0 Å². The SMILES string of the molecule is CCCCCCCCCC(=O)OC1CCCN1. The third kappa shape index (κ3) is 7.37. The van der Waals surface area contributed by atoms with Gasteiger partial charge in [-0.15, -0.1) is 0 Å². The summed E-state index contributed by atoms with van der Waals surface area (Å²) in [5, 5.41) is 3.17. The van der Waals surface area contributed by atoms with Crippen LogP contribution < -0.4 is 5.32 Å². The Kier molecular flexibility index (Phi) is 8.06. The number of hydrogen-bond acceptors (Lipinski definition) is 3. The molecule has 1 heterocycles. The fourth-order valence-corrected chi connectivity index (χ4v) is 2.20. The molecule has 17 heavy (non-hydrogen) atoms. The van der Waals surface area contributed by atoms with Gasteiger partial charge in [-0.25, -0.2) is 0 Å². The van der Waals surface area contributed by atoms with Gasteiger partial charge in [0.05, 0.1) is 0 Å². The molecule has 0 radical (unpaired) electrons. The summed E-state index contributed by atoms with van der Waals surface area (Å²) in [6, 6.07) is 0. The number of rotatable bonds is 9. The normalized spacial score (nSPS) is 19.5. The van der Waals surface area contributed by atoms with Crippen molar-refractivity contribution in [2.75, 3.05) is 6.54 Å². The number of esters is 1. The van der Waals surface area contributed by atoms with Crippen LogP contribution in [0.25, 0.3) is 0 Å². The van der Waals surface area contributed by atoms with Gasteiger partial charge in [0.25, 0.3) is 0 Å². The predicted molar refractivity (Wildman–Crippen MR) is 69.7 cm³/mol. The Morgan fingerprint density at radius 3 is 2.53 bits per heavy atom. The molecule has 1 rings (SSSR count). The molecule has 1 N–H and O–H groups in total. The summed E-state index contributed by atoms with van der Waals surface area (Å²) in [6.07, 6.45) is 11.4. The van der Waals surface area contributed by atoms with Crippen molar-refractivity contribution in [2.24, 2.45) is 0 Å². The first-order valence-corrected chi connectivity index (χ1v) is 7.26. The van der Waals surface area contributed by atoms with Gasteiger partial charge in [0, 0.05) is 6.42 Å². The van der Waals surface area contributed by atoms with Gasteiger partial charge in [0.1, 0.15) is 0 Å². The molecule has 1 aliphatic rings. The molecule has 0 aliphatic carbocycles. The Morgan fingerprint density at radius 2 is 1.88 bits per heavy atom. The molecule has 3 nitrogen and oxygen atoms in total. The second kappa shape index (κ2) is 9.46. The number of ether oxygens (including phenoxy) is 1. The van der Waals surface area contributed by atoms with Crippen LogP contribution in [0.1, 0.15) is 71.1 Å². The minimum absolute atomic E-state index is 0.00736. The lowest BCUT2D eigenvalue weighted by Gasteiger charge is -2.11.